The Labute approximate surface area is 80.4 Å². The highest BCUT2D eigenvalue weighted by molar-refractivity contribution is 7.52. The maximum atomic E-state index is 12.5. The van der Waals surface area contributed by atoms with Gasteiger partial charge in [0.05, 0.1) is 6.10 Å². The van der Waals surface area contributed by atoms with Crippen LogP contribution in [0.15, 0.2) is 0 Å². The van der Waals surface area contributed by atoms with Gasteiger partial charge in [-0.05, 0) is 13.3 Å². The van der Waals surface area contributed by atoms with Crippen LogP contribution in [-0.2, 0) is 9.09 Å². The summed E-state index contributed by atoms with van der Waals surface area (Å²) in [6, 6.07) is 0. The Morgan fingerprint density at radius 2 is 2.00 bits per heavy atom. The molecule has 0 heterocycles. The van der Waals surface area contributed by atoms with Crippen molar-refractivity contribution in [3.8, 4) is 0 Å². The van der Waals surface area contributed by atoms with Crippen LogP contribution in [0.4, 0.5) is 4.20 Å². The van der Waals surface area contributed by atoms with E-state index in [4.69, 9.17) is 4.52 Å². The zero-order valence-electron chi connectivity index (χ0n) is 8.75. The van der Waals surface area contributed by atoms with Gasteiger partial charge in [-0.2, -0.15) is 4.20 Å². The zero-order chi connectivity index (χ0) is 10.3. The molecule has 0 spiro atoms. The van der Waals surface area contributed by atoms with Crippen LogP contribution < -0.4 is 0 Å². The quantitative estimate of drug-likeness (QED) is 0.466. The number of rotatable bonds is 7. The third-order valence-electron chi connectivity index (χ3n) is 1.83. The highest BCUT2D eigenvalue weighted by atomic mass is 31.2. The highest BCUT2D eigenvalue weighted by Gasteiger charge is 2.17. The molecule has 13 heavy (non-hydrogen) atoms. The number of unbranched alkanes of at least 4 members (excludes halogenated alkanes) is 3. The molecule has 0 saturated heterocycles. The van der Waals surface area contributed by atoms with Crippen LogP contribution in [0.1, 0.15) is 46.0 Å². The average molecular weight is 210 g/mol. The van der Waals surface area contributed by atoms with Crippen LogP contribution in [0.2, 0.25) is 0 Å². The molecule has 0 aromatic carbocycles. The predicted octanol–water partition coefficient (Wildman–Crippen LogP) is 4.15. The molecule has 0 bridgehead atoms. The van der Waals surface area contributed by atoms with E-state index in [1.54, 1.807) is 6.92 Å². The predicted molar refractivity (Wildman–Crippen MR) is 53.9 cm³/mol. The minimum Gasteiger partial charge on any atom is -0.303 e. The van der Waals surface area contributed by atoms with E-state index in [-0.39, 0.29) is 6.10 Å². The normalized spacial score (nSPS) is 18.2. The molecule has 0 amide bonds. The molecule has 0 N–H and O–H groups in total. The SMILES string of the molecule is CCCCCCC(C)OP(C)(=O)F. The van der Waals surface area contributed by atoms with E-state index in [2.05, 4.69) is 6.92 Å². The lowest BCUT2D eigenvalue weighted by atomic mass is 10.1. The summed E-state index contributed by atoms with van der Waals surface area (Å²) < 4.78 is 27.9. The van der Waals surface area contributed by atoms with E-state index in [1.807, 2.05) is 0 Å². The number of hydrogen-bond acceptors (Lipinski definition) is 2. The van der Waals surface area contributed by atoms with E-state index >= 15 is 0 Å². The Kier molecular flexibility index (Phi) is 6.62. The van der Waals surface area contributed by atoms with Crippen molar-refractivity contribution in [3.05, 3.63) is 0 Å². The number of hydrogen-bond donors (Lipinski definition) is 0. The van der Waals surface area contributed by atoms with E-state index < -0.39 is 7.68 Å². The summed E-state index contributed by atoms with van der Waals surface area (Å²) >= 11 is 0. The summed E-state index contributed by atoms with van der Waals surface area (Å²) in [6.07, 6.45) is 5.12. The van der Waals surface area contributed by atoms with Crippen molar-refractivity contribution in [2.24, 2.45) is 0 Å². The van der Waals surface area contributed by atoms with Crippen molar-refractivity contribution in [2.45, 2.75) is 52.1 Å². The van der Waals surface area contributed by atoms with Crippen LogP contribution in [-0.4, -0.2) is 12.8 Å². The van der Waals surface area contributed by atoms with Gasteiger partial charge in [0.25, 0.3) is 0 Å². The summed E-state index contributed by atoms with van der Waals surface area (Å²) in [7, 11) is -3.78. The van der Waals surface area contributed by atoms with E-state index in [9.17, 15) is 8.76 Å². The van der Waals surface area contributed by atoms with Crippen LogP contribution in [0.5, 0.6) is 0 Å². The second-order valence-electron chi connectivity index (χ2n) is 3.51. The molecule has 0 aliphatic heterocycles. The first-order valence-electron chi connectivity index (χ1n) is 4.91. The lowest BCUT2D eigenvalue weighted by Gasteiger charge is -2.12. The fourth-order valence-corrected chi connectivity index (χ4v) is 1.98. The van der Waals surface area contributed by atoms with Gasteiger partial charge in [0.2, 0.25) is 0 Å². The lowest BCUT2D eigenvalue weighted by Crippen LogP contribution is -2.04. The summed E-state index contributed by atoms with van der Waals surface area (Å²) in [5.41, 5.74) is 0. The number of halogens is 1. The Morgan fingerprint density at radius 3 is 2.46 bits per heavy atom. The first kappa shape index (κ1) is 13.1. The third-order valence-corrected chi connectivity index (χ3v) is 2.57. The lowest BCUT2D eigenvalue weighted by molar-refractivity contribution is 0.195. The summed E-state index contributed by atoms with van der Waals surface area (Å²) in [6.45, 7) is 4.92. The Balaban J connectivity index is 3.41. The van der Waals surface area contributed by atoms with Gasteiger partial charge < -0.3 is 4.52 Å². The fourth-order valence-electron chi connectivity index (χ4n) is 1.23. The van der Waals surface area contributed by atoms with E-state index in [0.29, 0.717) is 0 Å². The van der Waals surface area contributed by atoms with E-state index in [1.165, 1.54) is 12.8 Å². The minimum absolute atomic E-state index is 0.224. The molecule has 0 radical (unpaired) electrons. The Hall–Kier alpha value is 0.120. The van der Waals surface area contributed by atoms with Gasteiger partial charge in [-0.15, -0.1) is 0 Å². The second kappa shape index (κ2) is 6.56. The van der Waals surface area contributed by atoms with Gasteiger partial charge in [0, 0.05) is 6.66 Å². The molecule has 0 aliphatic rings. The van der Waals surface area contributed by atoms with E-state index in [0.717, 1.165) is 25.9 Å². The topological polar surface area (TPSA) is 26.3 Å². The van der Waals surface area contributed by atoms with Crippen LogP contribution in [0.3, 0.4) is 0 Å². The van der Waals surface area contributed by atoms with Crippen LogP contribution >= 0.6 is 7.68 Å². The Morgan fingerprint density at radius 1 is 1.38 bits per heavy atom. The average Bonchev–Trinajstić information content (AvgIpc) is 1.94. The smallest absolute Gasteiger partial charge is 0.303 e. The molecule has 0 aromatic rings. The molecule has 2 nitrogen and oxygen atoms in total. The molecular weight excluding hydrogens is 190 g/mol. The first-order chi connectivity index (χ1) is 5.95. The molecule has 4 heteroatoms. The Bertz CT molecular complexity index is 167. The van der Waals surface area contributed by atoms with Crippen LogP contribution in [0, 0.1) is 0 Å². The summed E-state index contributed by atoms with van der Waals surface area (Å²) in [5, 5.41) is 0. The summed E-state index contributed by atoms with van der Waals surface area (Å²) in [5.74, 6) is 0. The maximum absolute atomic E-state index is 12.5. The standard InChI is InChI=1S/C9H20FO2P/c1-4-5-6-7-8-9(2)12-13(3,10)11/h9H,4-8H2,1-3H3. The van der Waals surface area contributed by atoms with Gasteiger partial charge in [-0.1, -0.05) is 32.6 Å². The molecule has 0 fully saturated rings. The third kappa shape index (κ3) is 10.0. The first-order valence-corrected chi connectivity index (χ1v) is 6.87. The minimum atomic E-state index is -3.78. The van der Waals surface area contributed by atoms with Crippen molar-refractivity contribution in [2.75, 3.05) is 6.66 Å². The second-order valence-corrected chi connectivity index (χ2v) is 5.22. The largest absolute Gasteiger partial charge is 0.364 e. The van der Waals surface area contributed by atoms with Crippen LogP contribution in [0.25, 0.3) is 0 Å². The molecule has 0 aromatic heterocycles. The fraction of sp³-hybridized carbons (Fsp3) is 1.00. The molecule has 0 aliphatic carbocycles. The zero-order valence-corrected chi connectivity index (χ0v) is 9.65. The van der Waals surface area contributed by atoms with Crippen molar-refractivity contribution < 1.29 is 13.3 Å². The molecular formula is C9H20FO2P. The van der Waals surface area contributed by atoms with Gasteiger partial charge >= 0.3 is 7.68 Å². The van der Waals surface area contributed by atoms with Gasteiger partial charge in [-0.3, -0.25) is 4.57 Å². The molecule has 2 unspecified atom stereocenters. The van der Waals surface area contributed by atoms with Gasteiger partial charge in [0.15, 0.2) is 0 Å². The maximum Gasteiger partial charge on any atom is 0.364 e. The molecule has 80 valence electrons. The van der Waals surface area contributed by atoms with Crippen molar-refractivity contribution in [1.29, 1.82) is 0 Å². The van der Waals surface area contributed by atoms with Gasteiger partial charge in [-0.25, -0.2) is 0 Å². The van der Waals surface area contributed by atoms with Crippen molar-refractivity contribution >= 4 is 7.68 Å². The summed E-state index contributed by atoms with van der Waals surface area (Å²) in [4.78, 5) is 0. The molecule has 2 atom stereocenters. The van der Waals surface area contributed by atoms with Crippen molar-refractivity contribution in [1.82, 2.24) is 0 Å². The molecule has 0 rings (SSSR count). The monoisotopic (exact) mass is 210 g/mol. The molecule has 0 saturated carbocycles. The highest BCUT2D eigenvalue weighted by Crippen LogP contribution is 2.45. The van der Waals surface area contributed by atoms with Crippen molar-refractivity contribution in [3.63, 3.8) is 0 Å². The van der Waals surface area contributed by atoms with Gasteiger partial charge in [0.1, 0.15) is 0 Å².